The SMILES string of the molecule is CCCNC(Cc1nc(-c2ccoc2C)no1)C(C)(C)C. The molecule has 0 aliphatic rings. The monoisotopic (exact) mass is 291 g/mol. The quantitative estimate of drug-likeness (QED) is 0.881. The van der Waals surface area contributed by atoms with E-state index in [1.807, 2.05) is 13.0 Å². The van der Waals surface area contributed by atoms with Crippen LogP contribution in [0.1, 0.15) is 45.8 Å². The lowest BCUT2D eigenvalue weighted by Gasteiger charge is -2.30. The van der Waals surface area contributed by atoms with Gasteiger partial charge in [0.15, 0.2) is 0 Å². The number of aryl methyl sites for hydroxylation is 1. The predicted octanol–water partition coefficient (Wildman–Crippen LogP) is 3.59. The molecular formula is C16H25N3O2. The van der Waals surface area contributed by atoms with E-state index in [1.54, 1.807) is 6.26 Å². The van der Waals surface area contributed by atoms with Crippen molar-refractivity contribution in [1.82, 2.24) is 15.5 Å². The van der Waals surface area contributed by atoms with Gasteiger partial charge in [0.1, 0.15) is 5.76 Å². The van der Waals surface area contributed by atoms with Gasteiger partial charge in [-0.15, -0.1) is 0 Å². The van der Waals surface area contributed by atoms with Crippen LogP contribution in [0.4, 0.5) is 0 Å². The van der Waals surface area contributed by atoms with Crippen molar-refractivity contribution in [3.8, 4) is 11.4 Å². The molecule has 0 amide bonds. The molecule has 21 heavy (non-hydrogen) atoms. The van der Waals surface area contributed by atoms with Crippen LogP contribution < -0.4 is 5.32 Å². The summed E-state index contributed by atoms with van der Waals surface area (Å²) in [5, 5.41) is 7.63. The highest BCUT2D eigenvalue weighted by Gasteiger charge is 2.26. The van der Waals surface area contributed by atoms with Crippen molar-refractivity contribution in [1.29, 1.82) is 0 Å². The van der Waals surface area contributed by atoms with Crippen LogP contribution >= 0.6 is 0 Å². The maximum Gasteiger partial charge on any atom is 0.228 e. The Morgan fingerprint density at radius 3 is 2.67 bits per heavy atom. The number of rotatable bonds is 6. The van der Waals surface area contributed by atoms with Gasteiger partial charge >= 0.3 is 0 Å². The summed E-state index contributed by atoms with van der Waals surface area (Å²) in [5.74, 6) is 2.06. The highest BCUT2D eigenvalue weighted by Crippen LogP contribution is 2.25. The standard InChI is InChI=1S/C16H25N3O2/c1-6-8-17-13(16(3,4)5)10-14-18-15(19-21-14)12-7-9-20-11(12)2/h7,9,13,17H,6,8,10H2,1-5H3. The van der Waals surface area contributed by atoms with Crippen LogP contribution in [-0.4, -0.2) is 22.7 Å². The molecule has 2 aromatic rings. The number of hydrogen-bond donors (Lipinski definition) is 1. The summed E-state index contributed by atoms with van der Waals surface area (Å²) in [6, 6.07) is 2.16. The smallest absolute Gasteiger partial charge is 0.228 e. The van der Waals surface area contributed by atoms with E-state index in [0.717, 1.165) is 30.7 Å². The molecule has 0 saturated heterocycles. The molecule has 116 valence electrons. The molecule has 1 atom stereocenters. The highest BCUT2D eigenvalue weighted by molar-refractivity contribution is 5.56. The van der Waals surface area contributed by atoms with Crippen LogP contribution in [0.2, 0.25) is 0 Å². The Hall–Kier alpha value is -1.62. The van der Waals surface area contributed by atoms with Crippen molar-refractivity contribution in [2.24, 2.45) is 5.41 Å². The summed E-state index contributed by atoms with van der Waals surface area (Å²) in [5.41, 5.74) is 1.02. The minimum Gasteiger partial charge on any atom is -0.469 e. The Morgan fingerprint density at radius 2 is 2.10 bits per heavy atom. The zero-order valence-corrected chi connectivity index (χ0v) is 13.6. The van der Waals surface area contributed by atoms with Crippen molar-refractivity contribution in [3.63, 3.8) is 0 Å². The summed E-state index contributed by atoms with van der Waals surface area (Å²) in [7, 11) is 0. The second-order valence-corrected chi connectivity index (χ2v) is 6.48. The van der Waals surface area contributed by atoms with Gasteiger partial charge in [0, 0.05) is 12.5 Å². The van der Waals surface area contributed by atoms with Gasteiger partial charge in [-0.1, -0.05) is 32.9 Å². The van der Waals surface area contributed by atoms with E-state index < -0.39 is 0 Å². The van der Waals surface area contributed by atoms with Gasteiger partial charge in [0.2, 0.25) is 11.7 Å². The fraction of sp³-hybridized carbons (Fsp3) is 0.625. The lowest BCUT2D eigenvalue weighted by molar-refractivity contribution is 0.244. The summed E-state index contributed by atoms with van der Waals surface area (Å²) in [6.07, 6.45) is 3.48. The largest absolute Gasteiger partial charge is 0.469 e. The van der Waals surface area contributed by atoms with Crippen LogP contribution in [-0.2, 0) is 6.42 Å². The van der Waals surface area contributed by atoms with Crippen LogP contribution in [0.25, 0.3) is 11.4 Å². The first-order valence-corrected chi connectivity index (χ1v) is 7.52. The first kappa shape index (κ1) is 15.8. The van der Waals surface area contributed by atoms with Crippen molar-refractivity contribution >= 4 is 0 Å². The zero-order valence-electron chi connectivity index (χ0n) is 13.6. The van der Waals surface area contributed by atoms with Crippen LogP contribution in [0.5, 0.6) is 0 Å². The van der Waals surface area contributed by atoms with Crippen molar-refractivity contribution in [3.05, 3.63) is 24.0 Å². The van der Waals surface area contributed by atoms with Gasteiger partial charge in [-0.05, 0) is 31.4 Å². The summed E-state index contributed by atoms with van der Waals surface area (Å²) >= 11 is 0. The molecule has 0 saturated carbocycles. The molecule has 5 nitrogen and oxygen atoms in total. The molecule has 0 spiro atoms. The zero-order chi connectivity index (χ0) is 15.5. The number of hydrogen-bond acceptors (Lipinski definition) is 5. The van der Waals surface area contributed by atoms with Crippen molar-refractivity contribution in [2.75, 3.05) is 6.54 Å². The molecular weight excluding hydrogens is 266 g/mol. The summed E-state index contributed by atoms with van der Waals surface area (Å²) < 4.78 is 10.7. The predicted molar refractivity (Wildman–Crippen MR) is 82.0 cm³/mol. The second-order valence-electron chi connectivity index (χ2n) is 6.48. The van der Waals surface area contributed by atoms with Gasteiger partial charge in [0.25, 0.3) is 0 Å². The van der Waals surface area contributed by atoms with Crippen LogP contribution in [0.3, 0.4) is 0 Å². The number of nitrogens with one attached hydrogen (secondary N) is 1. The lowest BCUT2D eigenvalue weighted by Crippen LogP contribution is -2.42. The fourth-order valence-corrected chi connectivity index (χ4v) is 2.24. The van der Waals surface area contributed by atoms with Gasteiger partial charge in [-0.2, -0.15) is 4.98 Å². The third-order valence-electron chi connectivity index (χ3n) is 3.63. The molecule has 2 rings (SSSR count). The number of nitrogens with zero attached hydrogens (tertiary/aromatic N) is 2. The Morgan fingerprint density at radius 1 is 1.33 bits per heavy atom. The molecule has 0 aliphatic heterocycles. The molecule has 2 heterocycles. The molecule has 0 aliphatic carbocycles. The minimum atomic E-state index is 0.134. The maximum absolute atomic E-state index is 5.41. The number of furan rings is 1. The number of aromatic nitrogens is 2. The Bertz CT molecular complexity index is 566. The minimum absolute atomic E-state index is 0.134. The van der Waals surface area contributed by atoms with Crippen LogP contribution in [0, 0.1) is 12.3 Å². The van der Waals surface area contributed by atoms with E-state index in [1.165, 1.54) is 0 Å². The van der Waals surface area contributed by atoms with Gasteiger partial charge < -0.3 is 14.3 Å². The Kier molecular flexibility index (Phi) is 4.83. The third-order valence-corrected chi connectivity index (χ3v) is 3.63. The molecule has 2 aromatic heterocycles. The van der Waals surface area contributed by atoms with Gasteiger partial charge in [-0.3, -0.25) is 0 Å². The molecule has 1 unspecified atom stereocenters. The average molecular weight is 291 g/mol. The molecule has 1 N–H and O–H groups in total. The molecule has 0 aromatic carbocycles. The maximum atomic E-state index is 5.41. The van der Waals surface area contributed by atoms with E-state index in [0.29, 0.717) is 17.8 Å². The summed E-state index contributed by atoms with van der Waals surface area (Å²) in [6.45, 7) is 11.7. The fourth-order valence-electron chi connectivity index (χ4n) is 2.24. The normalized spacial score (nSPS) is 13.6. The van der Waals surface area contributed by atoms with E-state index in [9.17, 15) is 0 Å². The van der Waals surface area contributed by atoms with Crippen molar-refractivity contribution in [2.45, 2.75) is 53.5 Å². The molecule has 5 heteroatoms. The lowest BCUT2D eigenvalue weighted by atomic mass is 9.84. The van der Waals surface area contributed by atoms with Gasteiger partial charge in [0.05, 0.1) is 11.8 Å². The Labute approximate surface area is 126 Å². The first-order chi connectivity index (χ1) is 9.91. The molecule has 0 fully saturated rings. The van der Waals surface area contributed by atoms with Gasteiger partial charge in [-0.25, -0.2) is 0 Å². The Balaban J connectivity index is 2.11. The highest BCUT2D eigenvalue weighted by atomic mass is 16.5. The average Bonchev–Trinajstić information content (AvgIpc) is 3.01. The molecule has 0 radical (unpaired) electrons. The topological polar surface area (TPSA) is 64.1 Å². The van der Waals surface area contributed by atoms with E-state index in [-0.39, 0.29) is 5.41 Å². The van der Waals surface area contributed by atoms with E-state index >= 15 is 0 Å². The van der Waals surface area contributed by atoms with E-state index in [4.69, 9.17) is 8.94 Å². The third kappa shape index (κ3) is 3.94. The second kappa shape index (κ2) is 6.43. The van der Waals surface area contributed by atoms with E-state index in [2.05, 4.69) is 43.2 Å². The summed E-state index contributed by atoms with van der Waals surface area (Å²) in [4.78, 5) is 4.50. The molecule has 0 bridgehead atoms. The van der Waals surface area contributed by atoms with Crippen LogP contribution in [0.15, 0.2) is 21.3 Å². The van der Waals surface area contributed by atoms with Crippen molar-refractivity contribution < 1.29 is 8.94 Å². The first-order valence-electron chi connectivity index (χ1n) is 7.52.